The van der Waals surface area contributed by atoms with Gasteiger partial charge < -0.3 is 14.8 Å². The zero-order valence-corrected chi connectivity index (χ0v) is 30.1. The molecule has 0 fully saturated rings. The van der Waals surface area contributed by atoms with Crippen LogP contribution >= 0.6 is 58.2 Å². The van der Waals surface area contributed by atoms with Crippen LogP contribution in [0.25, 0.3) is 16.5 Å². The van der Waals surface area contributed by atoms with Crippen molar-refractivity contribution in [2.45, 2.75) is 16.4 Å². The van der Waals surface area contributed by atoms with Gasteiger partial charge in [-0.25, -0.2) is 4.79 Å². The highest BCUT2D eigenvalue weighted by molar-refractivity contribution is 8.04. The van der Waals surface area contributed by atoms with Gasteiger partial charge in [-0.2, -0.15) is 10.5 Å². The number of esters is 1. The van der Waals surface area contributed by atoms with E-state index in [0.29, 0.717) is 38.5 Å². The first-order chi connectivity index (χ1) is 25.2. The molecular formula is C40H18Cl4N4O3S. The normalized spacial score (nSPS) is 17.8. The number of nitrogens with one attached hydrogen (secondary N) is 1. The van der Waals surface area contributed by atoms with Crippen molar-refractivity contribution in [3.63, 3.8) is 0 Å². The highest BCUT2D eigenvalue weighted by atomic mass is 35.5. The van der Waals surface area contributed by atoms with Crippen molar-refractivity contribution >= 4 is 86.3 Å². The number of hydrogen-bond acceptors (Lipinski definition) is 8. The van der Waals surface area contributed by atoms with Gasteiger partial charge in [0.05, 0.1) is 59.2 Å². The van der Waals surface area contributed by atoms with Crippen LogP contribution in [0.3, 0.4) is 0 Å². The van der Waals surface area contributed by atoms with Crippen LogP contribution in [0.5, 0.6) is 11.5 Å². The fourth-order valence-corrected chi connectivity index (χ4v) is 9.10. The SMILES string of the molecule is N#C/C(=C1\Nc2ccccc2S1)c1ccc2c(c1)Oc1cc(C(C#N)c3ccc4ccccc4n3)ccc1C21OC(=O)c2c(Cl)c(Cl)c(Cl)c(Cl)c21. The van der Waals surface area contributed by atoms with Crippen molar-refractivity contribution in [3.05, 3.63) is 161 Å². The van der Waals surface area contributed by atoms with E-state index in [1.807, 2.05) is 60.7 Å². The Balaban J connectivity index is 1.25. The smallest absolute Gasteiger partial charge is 0.341 e. The van der Waals surface area contributed by atoms with Crippen LogP contribution in [0.2, 0.25) is 20.1 Å². The van der Waals surface area contributed by atoms with Crippen LogP contribution in [0.1, 0.15) is 49.8 Å². The standard InChI is InChI=1S/C40H18Cl4N4O3S/c41-34-32-33(35(42)37(44)36(34)43)40(51-39(32)49)24-12-9-20(22(17-45)27-14-11-19-5-1-2-6-26(19)47-27)15-29(24)50-30-16-21(10-13-25(30)40)23(18-46)38-48-28-7-3-4-8-31(28)52-38/h1-16,22,48H/b38-23-. The number of thioether (sulfide) groups is 1. The summed E-state index contributed by atoms with van der Waals surface area (Å²) in [6, 6.07) is 34.4. The van der Waals surface area contributed by atoms with Crippen LogP contribution in [0.15, 0.2) is 107 Å². The minimum absolute atomic E-state index is 0.0108. The third-order valence-electron chi connectivity index (χ3n) is 9.39. The fourth-order valence-electron chi connectivity index (χ4n) is 7.02. The Morgan fingerprint density at radius 1 is 0.827 bits per heavy atom. The molecule has 9 rings (SSSR count). The maximum Gasteiger partial charge on any atom is 0.341 e. The van der Waals surface area contributed by atoms with Gasteiger partial charge in [-0.05, 0) is 53.6 Å². The number of benzene rings is 5. The van der Waals surface area contributed by atoms with E-state index >= 15 is 0 Å². The third kappa shape index (κ3) is 4.73. The summed E-state index contributed by atoms with van der Waals surface area (Å²) in [6.45, 7) is 0. The zero-order chi connectivity index (χ0) is 35.9. The highest BCUT2D eigenvalue weighted by Crippen LogP contribution is 2.61. The van der Waals surface area contributed by atoms with Crippen LogP contribution in [-0.2, 0) is 10.3 Å². The summed E-state index contributed by atoms with van der Waals surface area (Å²) in [5.41, 5.74) is 3.08. The van der Waals surface area contributed by atoms with Crippen molar-refractivity contribution < 1.29 is 14.3 Å². The van der Waals surface area contributed by atoms with E-state index in [1.165, 1.54) is 11.8 Å². The van der Waals surface area contributed by atoms with Gasteiger partial charge >= 0.3 is 5.97 Å². The number of carbonyl (C=O) groups is 1. The number of anilines is 1. The van der Waals surface area contributed by atoms with Gasteiger partial charge in [-0.1, -0.05) is 113 Å². The summed E-state index contributed by atoms with van der Waals surface area (Å²) >= 11 is 28.1. The molecule has 5 aromatic carbocycles. The molecule has 52 heavy (non-hydrogen) atoms. The van der Waals surface area contributed by atoms with Crippen LogP contribution < -0.4 is 10.1 Å². The van der Waals surface area contributed by atoms with Gasteiger partial charge in [0.1, 0.15) is 23.5 Å². The number of halogens is 4. The summed E-state index contributed by atoms with van der Waals surface area (Å²) in [5.74, 6) is -0.956. The molecule has 0 bridgehead atoms. The lowest BCUT2D eigenvalue weighted by molar-refractivity contribution is 0.0224. The number of rotatable bonds is 3. The molecule has 2 atom stereocenters. The number of pyridine rings is 1. The second-order valence-electron chi connectivity index (χ2n) is 12.2. The number of nitrogens with zero attached hydrogens (tertiary/aromatic N) is 3. The third-order valence-corrected chi connectivity index (χ3v) is 12.3. The topological polar surface area (TPSA) is 108 Å². The van der Waals surface area contributed by atoms with Gasteiger partial charge in [0.25, 0.3) is 0 Å². The first-order valence-electron chi connectivity index (χ1n) is 15.7. The molecule has 0 saturated heterocycles. The molecule has 3 aliphatic rings. The number of carbonyl (C=O) groups excluding carboxylic acids is 1. The van der Waals surface area contributed by atoms with Crippen molar-refractivity contribution in [1.82, 2.24) is 4.98 Å². The molecule has 0 amide bonds. The number of aromatic nitrogens is 1. The minimum atomic E-state index is -1.68. The number of fused-ring (bicyclic) bond motifs is 8. The molecule has 6 aromatic rings. The summed E-state index contributed by atoms with van der Waals surface area (Å²) < 4.78 is 13.0. The van der Waals surface area contributed by atoms with Crippen LogP contribution in [0, 0.1) is 22.7 Å². The molecule has 3 aliphatic heterocycles. The van der Waals surface area contributed by atoms with Crippen molar-refractivity contribution in [2.75, 3.05) is 5.32 Å². The lowest BCUT2D eigenvalue weighted by Gasteiger charge is -2.37. The van der Waals surface area contributed by atoms with E-state index in [-0.39, 0.29) is 42.7 Å². The average molecular weight is 776 g/mol. The molecule has 12 heteroatoms. The van der Waals surface area contributed by atoms with Crippen molar-refractivity contribution in [2.24, 2.45) is 0 Å². The predicted octanol–water partition coefficient (Wildman–Crippen LogP) is 11.5. The van der Waals surface area contributed by atoms with Gasteiger partial charge in [0.2, 0.25) is 0 Å². The van der Waals surface area contributed by atoms with Gasteiger partial charge in [0, 0.05) is 27.0 Å². The molecule has 0 saturated carbocycles. The first kappa shape index (κ1) is 32.7. The second-order valence-corrected chi connectivity index (χ2v) is 14.7. The van der Waals surface area contributed by atoms with Crippen LogP contribution in [-0.4, -0.2) is 11.0 Å². The predicted molar refractivity (Wildman–Crippen MR) is 202 cm³/mol. The Morgan fingerprint density at radius 2 is 1.56 bits per heavy atom. The molecule has 1 spiro atoms. The molecule has 0 radical (unpaired) electrons. The fraction of sp³-hybridized carbons (Fsp3) is 0.0500. The van der Waals surface area contributed by atoms with E-state index in [2.05, 4.69) is 17.5 Å². The van der Waals surface area contributed by atoms with E-state index in [0.717, 1.165) is 21.5 Å². The van der Waals surface area contributed by atoms with Crippen LogP contribution in [0.4, 0.5) is 5.69 Å². The van der Waals surface area contributed by atoms with Gasteiger partial charge in [0.15, 0.2) is 5.60 Å². The summed E-state index contributed by atoms with van der Waals surface area (Å²) in [7, 11) is 0. The van der Waals surface area contributed by atoms with E-state index in [4.69, 9.17) is 60.9 Å². The molecule has 0 aliphatic carbocycles. The second kappa shape index (κ2) is 12.2. The average Bonchev–Trinajstić information content (AvgIpc) is 3.72. The lowest BCUT2D eigenvalue weighted by atomic mass is 9.76. The monoisotopic (exact) mass is 774 g/mol. The maximum absolute atomic E-state index is 13.8. The molecule has 4 heterocycles. The molecule has 1 N–H and O–H groups in total. The van der Waals surface area contributed by atoms with E-state index in [9.17, 15) is 15.3 Å². The highest BCUT2D eigenvalue weighted by Gasteiger charge is 2.56. The molecule has 7 nitrogen and oxygen atoms in total. The number of hydrogen-bond donors (Lipinski definition) is 1. The number of nitriles is 2. The quantitative estimate of drug-likeness (QED) is 0.0819. The van der Waals surface area contributed by atoms with E-state index < -0.39 is 17.5 Å². The number of allylic oxidation sites excluding steroid dienone is 1. The maximum atomic E-state index is 13.8. The van der Waals surface area contributed by atoms with Gasteiger partial charge in [-0.3, -0.25) is 4.98 Å². The van der Waals surface area contributed by atoms with Gasteiger partial charge in [-0.15, -0.1) is 0 Å². The largest absolute Gasteiger partial charge is 0.456 e. The zero-order valence-electron chi connectivity index (χ0n) is 26.3. The first-order valence-corrected chi connectivity index (χ1v) is 18.1. The minimum Gasteiger partial charge on any atom is -0.456 e. The van der Waals surface area contributed by atoms with Crippen molar-refractivity contribution in [3.8, 4) is 23.6 Å². The summed E-state index contributed by atoms with van der Waals surface area (Å²) in [5, 5.41) is 25.6. The number of ether oxygens (including phenoxy) is 2. The molecule has 2 unspecified atom stereocenters. The summed E-state index contributed by atoms with van der Waals surface area (Å²) in [4.78, 5) is 19.6. The molecule has 250 valence electrons. The Morgan fingerprint density at radius 3 is 2.35 bits per heavy atom. The summed E-state index contributed by atoms with van der Waals surface area (Å²) in [6.07, 6.45) is 0. The Labute approximate surface area is 320 Å². The van der Waals surface area contributed by atoms with Crippen molar-refractivity contribution in [1.29, 1.82) is 10.5 Å². The lowest BCUT2D eigenvalue weighted by Crippen LogP contribution is -2.33. The molecular weight excluding hydrogens is 758 g/mol. The van der Waals surface area contributed by atoms with E-state index in [1.54, 1.807) is 36.4 Å². The Kier molecular flexibility index (Phi) is 7.68. The Hall–Kier alpha value is -5.19. The molecule has 1 aromatic heterocycles. The Bertz CT molecular complexity index is 2690. The number of para-hydroxylation sites is 2.